The molecule has 88 valence electrons. The number of hydrogen-bond donors (Lipinski definition) is 1. The fraction of sp³-hybridized carbons (Fsp3) is 0.0833. The average Bonchev–Trinajstić information content (AvgIpc) is 2.28. The molecule has 1 aromatic heterocycles. The van der Waals surface area contributed by atoms with Crippen LogP contribution in [0.3, 0.4) is 0 Å². The van der Waals surface area contributed by atoms with Crippen LogP contribution in [0.5, 0.6) is 0 Å². The Morgan fingerprint density at radius 3 is 2.82 bits per heavy atom. The second kappa shape index (κ2) is 5.47. The third kappa shape index (κ3) is 3.41. The number of nitrogens with one attached hydrogen (secondary N) is 1. The molecule has 2 rings (SSSR count). The summed E-state index contributed by atoms with van der Waals surface area (Å²) in [5, 5.41) is 3.72. The molecular weight excluding hydrogens is 307 g/mol. The predicted molar refractivity (Wildman–Crippen MR) is 70.7 cm³/mol. The fourth-order valence-corrected chi connectivity index (χ4v) is 2.11. The van der Waals surface area contributed by atoms with Crippen LogP contribution < -0.4 is 5.32 Å². The van der Waals surface area contributed by atoms with Crippen molar-refractivity contribution in [2.45, 2.75) is 6.54 Å². The molecule has 0 aliphatic rings. The van der Waals surface area contributed by atoms with Crippen molar-refractivity contribution in [1.29, 1.82) is 0 Å². The van der Waals surface area contributed by atoms with E-state index in [1.54, 1.807) is 6.20 Å². The first-order chi connectivity index (χ1) is 8.15. The van der Waals surface area contributed by atoms with Crippen LogP contribution >= 0.6 is 27.5 Å². The molecule has 0 unspecified atom stereocenters. The minimum Gasteiger partial charge on any atom is -0.380 e. The van der Waals surface area contributed by atoms with Crippen molar-refractivity contribution in [3.63, 3.8) is 0 Å². The third-order valence-electron chi connectivity index (χ3n) is 2.20. The van der Waals surface area contributed by atoms with Crippen LogP contribution in [-0.4, -0.2) is 4.98 Å². The van der Waals surface area contributed by atoms with Gasteiger partial charge >= 0.3 is 0 Å². The standard InChI is InChI=1S/C12H9BrClFN2/c13-9-2-1-8(12(14)3-9)5-17-11-4-10(15)6-16-7-11/h1-4,6-7,17H,5H2. The Kier molecular flexibility index (Phi) is 3.97. The summed E-state index contributed by atoms with van der Waals surface area (Å²) >= 11 is 9.40. The van der Waals surface area contributed by atoms with Crippen molar-refractivity contribution in [3.8, 4) is 0 Å². The summed E-state index contributed by atoms with van der Waals surface area (Å²) in [7, 11) is 0. The molecular formula is C12H9BrClFN2. The molecule has 17 heavy (non-hydrogen) atoms. The first kappa shape index (κ1) is 12.3. The normalized spacial score (nSPS) is 10.3. The van der Waals surface area contributed by atoms with Crippen molar-refractivity contribution in [1.82, 2.24) is 4.98 Å². The van der Waals surface area contributed by atoms with Crippen LogP contribution in [-0.2, 0) is 6.54 Å². The molecule has 0 radical (unpaired) electrons. The summed E-state index contributed by atoms with van der Waals surface area (Å²) in [5.41, 5.74) is 1.57. The monoisotopic (exact) mass is 314 g/mol. The lowest BCUT2D eigenvalue weighted by molar-refractivity contribution is 0.622. The number of rotatable bonds is 3. The predicted octanol–water partition coefficient (Wildman–Crippen LogP) is 4.25. The van der Waals surface area contributed by atoms with E-state index in [1.807, 2.05) is 18.2 Å². The molecule has 2 aromatic rings. The van der Waals surface area contributed by atoms with Gasteiger partial charge in [-0.3, -0.25) is 4.98 Å². The summed E-state index contributed by atoms with van der Waals surface area (Å²) in [5.74, 6) is -0.364. The number of benzene rings is 1. The SMILES string of the molecule is Fc1cncc(NCc2ccc(Br)cc2Cl)c1. The molecule has 0 bridgehead atoms. The van der Waals surface area contributed by atoms with Crippen molar-refractivity contribution >= 4 is 33.2 Å². The van der Waals surface area contributed by atoms with E-state index in [1.165, 1.54) is 6.07 Å². The summed E-state index contributed by atoms with van der Waals surface area (Å²) in [6, 6.07) is 7.03. The molecule has 1 heterocycles. The Hall–Kier alpha value is -1.13. The number of nitrogens with zero attached hydrogens (tertiary/aromatic N) is 1. The van der Waals surface area contributed by atoms with Gasteiger partial charge in [0.15, 0.2) is 0 Å². The smallest absolute Gasteiger partial charge is 0.143 e. The van der Waals surface area contributed by atoms with Crippen molar-refractivity contribution in [3.05, 3.63) is 57.5 Å². The molecule has 1 aromatic carbocycles. The maximum atomic E-state index is 12.9. The topological polar surface area (TPSA) is 24.9 Å². The second-order valence-corrected chi connectivity index (χ2v) is 4.80. The van der Waals surface area contributed by atoms with Gasteiger partial charge in [-0.15, -0.1) is 0 Å². The van der Waals surface area contributed by atoms with Gasteiger partial charge in [-0.05, 0) is 17.7 Å². The summed E-state index contributed by atoms with van der Waals surface area (Å²) in [6.45, 7) is 0.525. The zero-order valence-corrected chi connectivity index (χ0v) is 11.1. The lowest BCUT2D eigenvalue weighted by atomic mass is 10.2. The first-order valence-electron chi connectivity index (χ1n) is 4.93. The van der Waals surface area contributed by atoms with Gasteiger partial charge in [-0.1, -0.05) is 33.6 Å². The molecule has 0 aliphatic heterocycles. The minimum absolute atomic E-state index is 0.364. The zero-order valence-electron chi connectivity index (χ0n) is 8.75. The fourth-order valence-electron chi connectivity index (χ4n) is 1.37. The highest BCUT2D eigenvalue weighted by molar-refractivity contribution is 9.10. The molecule has 0 atom stereocenters. The summed E-state index contributed by atoms with van der Waals surface area (Å²) in [6.07, 6.45) is 2.73. The average molecular weight is 316 g/mol. The van der Waals surface area contributed by atoms with Crippen molar-refractivity contribution in [2.24, 2.45) is 0 Å². The summed E-state index contributed by atoms with van der Waals surface area (Å²) < 4.78 is 13.8. The number of pyridine rings is 1. The van der Waals surface area contributed by atoms with E-state index < -0.39 is 0 Å². The number of anilines is 1. The first-order valence-corrected chi connectivity index (χ1v) is 6.10. The highest BCUT2D eigenvalue weighted by Gasteiger charge is 2.01. The van der Waals surface area contributed by atoms with Gasteiger partial charge in [-0.2, -0.15) is 0 Å². The Labute approximate surface area is 112 Å². The zero-order chi connectivity index (χ0) is 12.3. The Balaban J connectivity index is 2.07. The van der Waals surface area contributed by atoms with E-state index in [4.69, 9.17) is 11.6 Å². The van der Waals surface area contributed by atoms with Crippen LogP contribution in [0.25, 0.3) is 0 Å². The van der Waals surface area contributed by atoms with Crippen molar-refractivity contribution in [2.75, 3.05) is 5.32 Å². The van der Waals surface area contributed by atoms with Crippen LogP contribution in [0.15, 0.2) is 41.1 Å². The Morgan fingerprint density at radius 2 is 2.12 bits per heavy atom. The van der Waals surface area contributed by atoms with Gasteiger partial charge < -0.3 is 5.32 Å². The highest BCUT2D eigenvalue weighted by atomic mass is 79.9. The number of halogens is 3. The number of hydrogen-bond acceptors (Lipinski definition) is 2. The van der Waals surface area contributed by atoms with E-state index in [9.17, 15) is 4.39 Å². The molecule has 0 saturated heterocycles. The molecule has 0 fully saturated rings. The number of aromatic nitrogens is 1. The van der Waals surface area contributed by atoms with Crippen LogP contribution in [0, 0.1) is 5.82 Å². The van der Waals surface area contributed by atoms with Gasteiger partial charge in [-0.25, -0.2) is 4.39 Å². The van der Waals surface area contributed by atoms with E-state index >= 15 is 0 Å². The van der Waals surface area contributed by atoms with Gasteiger partial charge in [0, 0.05) is 22.1 Å². The van der Waals surface area contributed by atoms with E-state index in [-0.39, 0.29) is 5.82 Å². The highest BCUT2D eigenvalue weighted by Crippen LogP contribution is 2.22. The molecule has 0 spiro atoms. The van der Waals surface area contributed by atoms with Crippen LogP contribution in [0.1, 0.15) is 5.56 Å². The minimum atomic E-state index is -0.364. The van der Waals surface area contributed by atoms with Gasteiger partial charge in [0.25, 0.3) is 0 Å². The maximum absolute atomic E-state index is 12.9. The molecule has 5 heteroatoms. The van der Waals surface area contributed by atoms with Gasteiger partial charge in [0.05, 0.1) is 18.1 Å². The van der Waals surface area contributed by atoms with Crippen LogP contribution in [0.4, 0.5) is 10.1 Å². The van der Waals surface area contributed by atoms with Gasteiger partial charge in [0.2, 0.25) is 0 Å². The molecule has 0 aliphatic carbocycles. The lowest BCUT2D eigenvalue weighted by Gasteiger charge is -2.08. The van der Waals surface area contributed by atoms with E-state index in [0.29, 0.717) is 17.3 Å². The summed E-state index contributed by atoms with van der Waals surface area (Å²) in [4.78, 5) is 3.76. The molecule has 2 nitrogen and oxygen atoms in total. The molecule has 1 N–H and O–H groups in total. The quantitative estimate of drug-likeness (QED) is 0.916. The third-order valence-corrected chi connectivity index (χ3v) is 3.05. The maximum Gasteiger partial charge on any atom is 0.143 e. The molecule has 0 saturated carbocycles. The van der Waals surface area contributed by atoms with E-state index in [0.717, 1.165) is 16.2 Å². The van der Waals surface area contributed by atoms with Gasteiger partial charge in [0.1, 0.15) is 5.82 Å². The lowest BCUT2D eigenvalue weighted by Crippen LogP contribution is -2.00. The Bertz CT molecular complexity index is 534. The largest absolute Gasteiger partial charge is 0.380 e. The van der Waals surface area contributed by atoms with Crippen LogP contribution in [0.2, 0.25) is 5.02 Å². The van der Waals surface area contributed by atoms with E-state index in [2.05, 4.69) is 26.2 Å². The second-order valence-electron chi connectivity index (χ2n) is 3.48. The Morgan fingerprint density at radius 1 is 1.29 bits per heavy atom. The van der Waals surface area contributed by atoms with Crippen molar-refractivity contribution < 1.29 is 4.39 Å². The molecule has 0 amide bonds.